The van der Waals surface area contributed by atoms with Gasteiger partial charge in [-0.3, -0.25) is 0 Å². The molecule has 0 saturated heterocycles. The van der Waals surface area contributed by atoms with Gasteiger partial charge in [0.05, 0.1) is 5.56 Å². The zero-order valence-electron chi connectivity index (χ0n) is 12.3. The van der Waals surface area contributed by atoms with Gasteiger partial charge in [0, 0.05) is 6.42 Å². The number of aliphatic carboxylic acids is 1. The zero-order valence-corrected chi connectivity index (χ0v) is 12.3. The number of carboxylic acid groups (broad SMARTS) is 1. The number of ether oxygens (including phenoxy) is 1. The van der Waals surface area contributed by atoms with E-state index in [1.807, 2.05) is 0 Å². The van der Waals surface area contributed by atoms with Crippen molar-refractivity contribution in [3.63, 3.8) is 0 Å². The van der Waals surface area contributed by atoms with E-state index in [0.717, 1.165) is 17.7 Å². The monoisotopic (exact) mass is 324 g/mol. The summed E-state index contributed by atoms with van der Waals surface area (Å²) in [6.45, 7) is 1.76. The lowest BCUT2D eigenvalue weighted by Crippen LogP contribution is -2.29. The van der Waals surface area contributed by atoms with E-state index in [-0.39, 0.29) is 12.0 Å². The Kier molecular flexibility index (Phi) is 4.93. The van der Waals surface area contributed by atoms with E-state index in [9.17, 15) is 23.1 Å². The molecule has 1 unspecified atom stereocenters. The SMILES string of the molecule is Cc1ccccc1OC(Cc1cccc(C(F)(F)F)c1)C(=O)O. The molecule has 0 fully saturated rings. The van der Waals surface area contributed by atoms with Gasteiger partial charge in [-0.25, -0.2) is 4.79 Å². The van der Waals surface area contributed by atoms with Gasteiger partial charge in [-0.15, -0.1) is 0 Å². The third-order valence-corrected chi connectivity index (χ3v) is 3.31. The molecule has 0 aliphatic rings. The zero-order chi connectivity index (χ0) is 17.0. The van der Waals surface area contributed by atoms with Crippen LogP contribution < -0.4 is 4.74 Å². The Hall–Kier alpha value is -2.50. The number of halogens is 3. The van der Waals surface area contributed by atoms with Gasteiger partial charge >= 0.3 is 12.1 Å². The van der Waals surface area contributed by atoms with Crippen molar-refractivity contribution in [2.75, 3.05) is 0 Å². The summed E-state index contributed by atoms with van der Waals surface area (Å²) in [5, 5.41) is 9.27. The fraction of sp³-hybridized carbons (Fsp3) is 0.235. The van der Waals surface area contributed by atoms with Crippen LogP contribution in [0.5, 0.6) is 5.75 Å². The lowest BCUT2D eigenvalue weighted by atomic mass is 10.0. The van der Waals surface area contributed by atoms with Crippen molar-refractivity contribution in [1.82, 2.24) is 0 Å². The van der Waals surface area contributed by atoms with Gasteiger partial charge < -0.3 is 9.84 Å². The number of carboxylic acids is 1. The molecular formula is C17H15F3O3. The maximum atomic E-state index is 12.7. The van der Waals surface area contributed by atoms with E-state index in [1.54, 1.807) is 31.2 Å². The average Bonchev–Trinajstić information content (AvgIpc) is 2.48. The fourth-order valence-electron chi connectivity index (χ4n) is 2.11. The Bertz CT molecular complexity index is 695. The van der Waals surface area contributed by atoms with Crippen molar-refractivity contribution >= 4 is 5.97 Å². The molecule has 0 aliphatic heterocycles. The summed E-state index contributed by atoms with van der Waals surface area (Å²) in [4.78, 5) is 11.4. The first-order chi connectivity index (χ1) is 10.8. The van der Waals surface area contributed by atoms with Gasteiger partial charge in [0.2, 0.25) is 0 Å². The van der Waals surface area contributed by atoms with E-state index in [0.29, 0.717) is 5.75 Å². The molecule has 6 heteroatoms. The van der Waals surface area contributed by atoms with Gasteiger partial charge in [-0.1, -0.05) is 36.4 Å². The molecule has 0 radical (unpaired) electrons. The number of aryl methyl sites for hydroxylation is 1. The van der Waals surface area contributed by atoms with Crippen LogP contribution >= 0.6 is 0 Å². The number of benzene rings is 2. The summed E-state index contributed by atoms with van der Waals surface area (Å²) in [5.41, 5.74) is 0.193. The third-order valence-electron chi connectivity index (χ3n) is 3.31. The molecule has 1 atom stereocenters. The van der Waals surface area contributed by atoms with Crippen molar-refractivity contribution in [1.29, 1.82) is 0 Å². The van der Waals surface area contributed by atoms with Crippen LogP contribution in [0.3, 0.4) is 0 Å². The molecular weight excluding hydrogens is 309 g/mol. The number of hydrogen-bond donors (Lipinski definition) is 1. The fourth-order valence-corrected chi connectivity index (χ4v) is 2.11. The highest BCUT2D eigenvalue weighted by atomic mass is 19.4. The summed E-state index contributed by atoms with van der Waals surface area (Å²) in [5.74, 6) is -0.836. The van der Waals surface area contributed by atoms with Crippen LogP contribution in [0, 0.1) is 6.92 Å². The average molecular weight is 324 g/mol. The second-order valence-electron chi connectivity index (χ2n) is 5.11. The minimum atomic E-state index is -4.47. The van der Waals surface area contributed by atoms with Crippen molar-refractivity contribution in [3.05, 3.63) is 65.2 Å². The van der Waals surface area contributed by atoms with Crippen molar-refractivity contribution in [2.24, 2.45) is 0 Å². The molecule has 2 aromatic carbocycles. The van der Waals surface area contributed by atoms with Crippen molar-refractivity contribution in [3.8, 4) is 5.75 Å². The molecule has 0 amide bonds. The van der Waals surface area contributed by atoms with E-state index in [2.05, 4.69) is 0 Å². The standard InChI is InChI=1S/C17H15F3O3/c1-11-5-2-3-8-14(11)23-15(16(21)22)10-12-6-4-7-13(9-12)17(18,19)20/h2-9,15H,10H2,1H3,(H,21,22). The maximum absolute atomic E-state index is 12.7. The molecule has 1 N–H and O–H groups in total. The molecule has 0 bridgehead atoms. The number of carbonyl (C=O) groups is 1. The second kappa shape index (κ2) is 6.73. The molecule has 23 heavy (non-hydrogen) atoms. The number of rotatable bonds is 5. The first-order valence-electron chi connectivity index (χ1n) is 6.88. The van der Waals surface area contributed by atoms with Crippen LogP contribution in [0.2, 0.25) is 0 Å². The first kappa shape index (κ1) is 16.9. The molecule has 0 aromatic heterocycles. The summed E-state index contributed by atoms with van der Waals surface area (Å²) in [6.07, 6.45) is -5.89. The summed E-state index contributed by atoms with van der Waals surface area (Å²) in [7, 11) is 0. The topological polar surface area (TPSA) is 46.5 Å². The Labute approximate surface area is 131 Å². The Balaban J connectivity index is 2.21. The molecule has 122 valence electrons. The normalized spacial score (nSPS) is 12.7. The number of alkyl halides is 3. The molecule has 0 aliphatic carbocycles. The Morgan fingerprint density at radius 1 is 1.17 bits per heavy atom. The third kappa shape index (κ3) is 4.48. The molecule has 2 aromatic rings. The highest BCUT2D eigenvalue weighted by Gasteiger charge is 2.31. The molecule has 2 rings (SSSR count). The van der Waals surface area contributed by atoms with Crippen molar-refractivity contribution < 1.29 is 27.8 Å². The van der Waals surface area contributed by atoms with Gasteiger partial charge in [0.15, 0.2) is 6.10 Å². The highest BCUT2D eigenvalue weighted by molar-refractivity contribution is 5.73. The van der Waals surface area contributed by atoms with Crippen LogP contribution in [0.4, 0.5) is 13.2 Å². The lowest BCUT2D eigenvalue weighted by molar-refractivity contribution is -0.145. The van der Waals surface area contributed by atoms with E-state index >= 15 is 0 Å². The van der Waals surface area contributed by atoms with Gasteiger partial charge in [0.1, 0.15) is 5.75 Å². The van der Waals surface area contributed by atoms with Gasteiger partial charge in [-0.2, -0.15) is 13.2 Å². The van der Waals surface area contributed by atoms with Crippen LogP contribution in [0.25, 0.3) is 0 Å². The highest BCUT2D eigenvalue weighted by Crippen LogP contribution is 2.30. The smallest absolute Gasteiger partial charge is 0.416 e. The van der Waals surface area contributed by atoms with Gasteiger partial charge in [0.25, 0.3) is 0 Å². The largest absolute Gasteiger partial charge is 0.478 e. The van der Waals surface area contributed by atoms with Crippen LogP contribution in [0.1, 0.15) is 16.7 Å². The second-order valence-corrected chi connectivity index (χ2v) is 5.11. The maximum Gasteiger partial charge on any atom is 0.416 e. The van der Waals surface area contributed by atoms with Gasteiger partial charge in [-0.05, 0) is 30.2 Å². The summed E-state index contributed by atoms with van der Waals surface area (Å²) >= 11 is 0. The summed E-state index contributed by atoms with van der Waals surface area (Å²) < 4.78 is 43.6. The van der Waals surface area contributed by atoms with Crippen LogP contribution in [-0.2, 0) is 17.4 Å². The Morgan fingerprint density at radius 2 is 1.87 bits per heavy atom. The summed E-state index contributed by atoms with van der Waals surface area (Å²) in [6, 6.07) is 11.5. The predicted octanol–water partition coefficient (Wildman–Crippen LogP) is 4.09. The predicted molar refractivity (Wildman–Crippen MR) is 78.4 cm³/mol. The van der Waals surface area contributed by atoms with Crippen LogP contribution in [-0.4, -0.2) is 17.2 Å². The molecule has 0 saturated carbocycles. The van der Waals surface area contributed by atoms with E-state index in [1.165, 1.54) is 12.1 Å². The van der Waals surface area contributed by atoms with Crippen LogP contribution in [0.15, 0.2) is 48.5 Å². The van der Waals surface area contributed by atoms with Crippen molar-refractivity contribution in [2.45, 2.75) is 25.6 Å². The number of hydrogen-bond acceptors (Lipinski definition) is 2. The number of para-hydroxylation sites is 1. The minimum Gasteiger partial charge on any atom is -0.478 e. The van der Waals surface area contributed by atoms with E-state index < -0.39 is 23.8 Å². The quantitative estimate of drug-likeness (QED) is 0.901. The molecule has 0 heterocycles. The minimum absolute atomic E-state index is 0.159. The first-order valence-corrected chi connectivity index (χ1v) is 6.88. The molecule has 3 nitrogen and oxygen atoms in total. The molecule has 0 spiro atoms. The van der Waals surface area contributed by atoms with E-state index in [4.69, 9.17) is 4.74 Å². The Morgan fingerprint density at radius 3 is 2.48 bits per heavy atom. The lowest BCUT2D eigenvalue weighted by Gasteiger charge is -2.17.